The van der Waals surface area contributed by atoms with Crippen LogP contribution in [0.1, 0.15) is 33.1 Å². The Labute approximate surface area is 93.1 Å². The predicted molar refractivity (Wildman–Crippen MR) is 59.7 cm³/mol. The lowest BCUT2D eigenvalue weighted by Crippen LogP contribution is -2.30. The molecule has 3 unspecified atom stereocenters. The van der Waals surface area contributed by atoms with Crippen LogP contribution in [0.5, 0.6) is 0 Å². The molecule has 3 nitrogen and oxygen atoms in total. The van der Waals surface area contributed by atoms with Crippen molar-refractivity contribution in [3.8, 4) is 0 Å². The summed E-state index contributed by atoms with van der Waals surface area (Å²) in [5.41, 5.74) is 0. The van der Waals surface area contributed by atoms with Crippen LogP contribution in [0.2, 0.25) is 0 Å². The first-order valence-corrected chi connectivity index (χ1v) is 5.84. The quantitative estimate of drug-likeness (QED) is 0.661. The summed E-state index contributed by atoms with van der Waals surface area (Å²) in [4.78, 5) is 0. The van der Waals surface area contributed by atoms with Gasteiger partial charge in [-0.15, -0.1) is 0 Å². The van der Waals surface area contributed by atoms with E-state index in [0.717, 1.165) is 11.8 Å². The Kier molecular flexibility index (Phi) is 5.58. The van der Waals surface area contributed by atoms with Crippen molar-refractivity contribution >= 4 is 0 Å². The zero-order valence-electron chi connectivity index (χ0n) is 10.4. The minimum atomic E-state index is -0.223. The Hall–Kier alpha value is -0.120. The molecule has 3 heteroatoms. The molecule has 0 saturated heterocycles. The number of methoxy groups -OCH3 is 2. The third kappa shape index (κ3) is 4.09. The molecule has 0 aromatic carbocycles. The molecule has 1 aliphatic carbocycles. The van der Waals surface area contributed by atoms with E-state index in [4.69, 9.17) is 14.2 Å². The third-order valence-corrected chi connectivity index (χ3v) is 3.54. The van der Waals surface area contributed by atoms with Crippen LogP contribution in [-0.4, -0.2) is 33.2 Å². The monoisotopic (exact) mass is 216 g/mol. The summed E-state index contributed by atoms with van der Waals surface area (Å²) in [6.45, 7) is 5.18. The van der Waals surface area contributed by atoms with E-state index in [0.29, 0.717) is 12.7 Å². The van der Waals surface area contributed by atoms with Crippen LogP contribution in [0.3, 0.4) is 0 Å². The van der Waals surface area contributed by atoms with E-state index in [1.807, 2.05) is 0 Å². The molecule has 1 rings (SSSR count). The molecule has 0 aromatic heterocycles. The summed E-state index contributed by atoms with van der Waals surface area (Å²) >= 11 is 0. The van der Waals surface area contributed by atoms with E-state index >= 15 is 0 Å². The fourth-order valence-electron chi connectivity index (χ4n) is 2.10. The first kappa shape index (κ1) is 12.9. The number of hydrogen-bond donors (Lipinski definition) is 0. The molecule has 0 aliphatic heterocycles. The van der Waals surface area contributed by atoms with E-state index < -0.39 is 0 Å². The number of ether oxygens (including phenoxy) is 3. The van der Waals surface area contributed by atoms with Crippen LogP contribution in [-0.2, 0) is 14.2 Å². The smallest absolute Gasteiger partial charge is 0.180 e. The lowest BCUT2D eigenvalue weighted by molar-refractivity contribution is -0.157. The SMILES string of the molecule is COC(COC1CCC(C)C(C)C1)OC. The lowest BCUT2D eigenvalue weighted by atomic mass is 9.80. The molecule has 0 bridgehead atoms. The van der Waals surface area contributed by atoms with Gasteiger partial charge in [0, 0.05) is 14.2 Å². The molecule has 1 fully saturated rings. The van der Waals surface area contributed by atoms with Gasteiger partial charge in [0.2, 0.25) is 0 Å². The van der Waals surface area contributed by atoms with Crippen molar-refractivity contribution in [3.63, 3.8) is 0 Å². The summed E-state index contributed by atoms with van der Waals surface area (Å²) in [6.07, 6.45) is 3.78. The summed E-state index contributed by atoms with van der Waals surface area (Å²) in [5, 5.41) is 0. The van der Waals surface area contributed by atoms with Crippen LogP contribution < -0.4 is 0 Å². The highest BCUT2D eigenvalue weighted by molar-refractivity contribution is 4.75. The van der Waals surface area contributed by atoms with Gasteiger partial charge in [0.1, 0.15) is 0 Å². The average molecular weight is 216 g/mol. The van der Waals surface area contributed by atoms with E-state index in [1.165, 1.54) is 19.3 Å². The molecule has 15 heavy (non-hydrogen) atoms. The van der Waals surface area contributed by atoms with Gasteiger partial charge in [-0.1, -0.05) is 13.8 Å². The van der Waals surface area contributed by atoms with Gasteiger partial charge in [-0.05, 0) is 31.1 Å². The third-order valence-electron chi connectivity index (χ3n) is 3.54. The summed E-state index contributed by atoms with van der Waals surface area (Å²) in [6, 6.07) is 0. The Bertz CT molecular complexity index is 168. The Morgan fingerprint density at radius 2 is 1.73 bits per heavy atom. The van der Waals surface area contributed by atoms with Crippen molar-refractivity contribution in [2.75, 3.05) is 20.8 Å². The normalized spacial score (nSPS) is 32.2. The molecule has 0 radical (unpaired) electrons. The standard InChI is InChI=1S/C12H24O3/c1-9-5-6-11(7-10(9)2)15-8-12(13-3)14-4/h9-12H,5-8H2,1-4H3. The fourth-order valence-corrected chi connectivity index (χ4v) is 2.10. The molecule has 1 aliphatic rings. The van der Waals surface area contributed by atoms with Gasteiger partial charge < -0.3 is 14.2 Å². The molecule has 1 saturated carbocycles. The van der Waals surface area contributed by atoms with Gasteiger partial charge in [0.25, 0.3) is 0 Å². The second-order valence-electron chi connectivity index (χ2n) is 4.62. The highest BCUT2D eigenvalue weighted by Gasteiger charge is 2.25. The molecule has 0 N–H and O–H groups in total. The Morgan fingerprint density at radius 3 is 2.27 bits per heavy atom. The second-order valence-corrected chi connectivity index (χ2v) is 4.62. The van der Waals surface area contributed by atoms with Gasteiger partial charge in [-0.3, -0.25) is 0 Å². The van der Waals surface area contributed by atoms with Gasteiger partial charge in [0.15, 0.2) is 6.29 Å². The summed E-state index contributed by atoms with van der Waals surface area (Å²) < 4.78 is 16.0. The molecule has 0 aromatic rings. The Morgan fingerprint density at radius 1 is 1.07 bits per heavy atom. The number of rotatable bonds is 5. The molecule has 90 valence electrons. The van der Waals surface area contributed by atoms with Crippen LogP contribution in [0.15, 0.2) is 0 Å². The second kappa shape index (κ2) is 6.46. The van der Waals surface area contributed by atoms with Crippen molar-refractivity contribution < 1.29 is 14.2 Å². The van der Waals surface area contributed by atoms with Crippen molar-refractivity contribution in [1.82, 2.24) is 0 Å². The Balaban J connectivity index is 2.22. The minimum absolute atomic E-state index is 0.223. The highest BCUT2D eigenvalue weighted by atomic mass is 16.7. The fraction of sp³-hybridized carbons (Fsp3) is 1.00. The highest BCUT2D eigenvalue weighted by Crippen LogP contribution is 2.30. The molecule has 3 atom stereocenters. The summed E-state index contributed by atoms with van der Waals surface area (Å²) in [5.74, 6) is 1.61. The van der Waals surface area contributed by atoms with E-state index in [2.05, 4.69) is 13.8 Å². The van der Waals surface area contributed by atoms with Crippen LogP contribution in [0.25, 0.3) is 0 Å². The van der Waals surface area contributed by atoms with Crippen molar-refractivity contribution in [2.24, 2.45) is 11.8 Å². The molecule has 0 spiro atoms. The zero-order chi connectivity index (χ0) is 11.3. The van der Waals surface area contributed by atoms with E-state index in [9.17, 15) is 0 Å². The minimum Gasteiger partial charge on any atom is -0.373 e. The zero-order valence-corrected chi connectivity index (χ0v) is 10.4. The largest absolute Gasteiger partial charge is 0.373 e. The average Bonchev–Trinajstić information content (AvgIpc) is 2.24. The van der Waals surface area contributed by atoms with Gasteiger partial charge >= 0.3 is 0 Å². The van der Waals surface area contributed by atoms with Crippen LogP contribution in [0, 0.1) is 11.8 Å². The van der Waals surface area contributed by atoms with Crippen molar-refractivity contribution in [1.29, 1.82) is 0 Å². The molecule has 0 heterocycles. The maximum atomic E-state index is 5.80. The van der Waals surface area contributed by atoms with Gasteiger partial charge in [-0.2, -0.15) is 0 Å². The predicted octanol–water partition coefficient (Wildman–Crippen LogP) is 2.45. The maximum Gasteiger partial charge on any atom is 0.180 e. The molecular weight excluding hydrogens is 192 g/mol. The lowest BCUT2D eigenvalue weighted by Gasteiger charge is -2.32. The molecule has 0 amide bonds. The van der Waals surface area contributed by atoms with Gasteiger partial charge in [-0.25, -0.2) is 0 Å². The first-order valence-electron chi connectivity index (χ1n) is 5.84. The molecular formula is C12H24O3. The van der Waals surface area contributed by atoms with Gasteiger partial charge in [0.05, 0.1) is 12.7 Å². The van der Waals surface area contributed by atoms with Crippen LogP contribution in [0.4, 0.5) is 0 Å². The summed E-state index contributed by atoms with van der Waals surface area (Å²) in [7, 11) is 3.28. The maximum absolute atomic E-state index is 5.80. The van der Waals surface area contributed by atoms with Crippen molar-refractivity contribution in [2.45, 2.75) is 45.5 Å². The first-order chi connectivity index (χ1) is 7.17. The van der Waals surface area contributed by atoms with E-state index in [1.54, 1.807) is 14.2 Å². The van der Waals surface area contributed by atoms with E-state index in [-0.39, 0.29) is 6.29 Å². The van der Waals surface area contributed by atoms with Crippen LogP contribution >= 0.6 is 0 Å². The number of hydrogen-bond acceptors (Lipinski definition) is 3. The topological polar surface area (TPSA) is 27.7 Å². The van der Waals surface area contributed by atoms with Crippen molar-refractivity contribution in [3.05, 3.63) is 0 Å².